The molecule has 1 aromatic rings. The van der Waals surface area contributed by atoms with E-state index in [1.54, 1.807) is 12.4 Å². The summed E-state index contributed by atoms with van der Waals surface area (Å²) in [4.78, 5) is 21.2. The van der Waals surface area contributed by atoms with Gasteiger partial charge in [-0.15, -0.1) is 0 Å². The van der Waals surface area contributed by atoms with Crippen LogP contribution in [0.4, 0.5) is 0 Å². The minimum absolute atomic E-state index is 0.0670. The molecule has 1 aromatic heterocycles. The van der Waals surface area contributed by atoms with Crippen LogP contribution < -0.4 is 0 Å². The zero-order chi connectivity index (χ0) is 16.4. The van der Waals surface area contributed by atoms with Crippen molar-refractivity contribution >= 4 is 5.91 Å². The Morgan fingerprint density at radius 2 is 2.12 bits per heavy atom. The average Bonchev–Trinajstić information content (AvgIpc) is 3.17. The van der Waals surface area contributed by atoms with E-state index in [0.717, 1.165) is 45.6 Å². The Morgan fingerprint density at radius 1 is 1.25 bits per heavy atom. The van der Waals surface area contributed by atoms with E-state index in [9.17, 15) is 4.79 Å². The van der Waals surface area contributed by atoms with Crippen molar-refractivity contribution in [3.63, 3.8) is 0 Å². The minimum atomic E-state index is -0.175. The lowest BCUT2D eigenvalue weighted by Crippen LogP contribution is -2.59. The predicted octanol–water partition coefficient (Wildman–Crippen LogP) is 1.18. The molecule has 3 fully saturated rings. The molecule has 3 aliphatic rings. The number of nitrogens with zero attached hydrogens (tertiary/aromatic N) is 3. The first-order valence-corrected chi connectivity index (χ1v) is 8.91. The van der Waals surface area contributed by atoms with Gasteiger partial charge in [-0.3, -0.25) is 14.7 Å². The predicted molar refractivity (Wildman–Crippen MR) is 88.9 cm³/mol. The molecule has 0 saturated carbocycles. The Labute approximate surface area is 142 Å². The molecule has 130 valence electrons. The summed E-state index contributed by atoms with van der Waals surface area (Å²) in [5.41, 5.74) is 0.488. The molecule has 0 aromatic carbocycles. The summed E-state index contributed by atoms with van der Waals surface area (Å²) < 4.78 is 11.7. The van der Waals surface area contributed by atoms with Crippen LogP contribution in [-0.4, -0.2) is 78.3 Å². The molecule has 0 N–H and O–H groups in total. The molecule has 0 aliphatic carbocycles. The molecule has 1 atom stereocenters. The van der Waals surface area contributed by atoms with Crippen LogP contribution in [0.2, 0.25) is 0 Å². The number of pyridine rings is 1. The van der Waals surface area contributed by atoms with Crippen LogP contribution in [0.15, 0.2) is 24.5 Å². The van der Waals surface area contributed by atoms with Crippen LogP contribution >= 0.6 is 0 Å². The van der Waals surface area contributed by atoms with E-state index >= 15 is 0 Å². The Kier molecular flexibility index (Phi) is 4.52. The van der Waals surface area contributed by atoms with Crippen molar-refractivity contribution in [2.75, 3.05) is 46.0 Å². The van der Waals surface area contributed by atoms with Crippen LogP contribution in [0.1, 0.15) is 29.6 Å². The molecule has 3 saturated heterocycles. The van der Waals surface area contributed by atoms with E-state index in [2.05, 4.69) is 9.88 Å². The lowest BCUT2D eigenvalue weighted by atomic mass is 9.88. The first-order chi connectivity index (χ1) is 11.8. The van der Waals surface area contributed by atoms with Gasteiger partial charge >= 0.3 is 0 Å². The van der Waals surface area contributed by atoms with Crippen molar-refractivity contribution < 1.29 is 14.3 Å². The molecule has 1 unspecified atom stereocenters. The second-order valence-electron chi connectivity index (χ2n) is 7.05. The van der Waals surface area contributed by atoms with Crippen LogP contribution in [0.5, 0.6) is 0 Å². The van der Waals surface area contributed by atoms with E-state index in [-0.39, 0.29) is 11.5 Å². The van der Waals surface area contributed by atoms with E-state index in [1.807, 2.05) is 17.0 Å². The Morgan fingerprint density at radius 3 is 2.83 bits per heavy atom. The number of carbonyl (C=O) groups excluding carboxylic acids is 1. The summed E-state index contributed by atoms with van der Waals surface area (Å²) in [6, 6.07) is 4.21. The van der Waals surface area contributed by atoms with Gasteiger partial charge in [-0.2, -0.15) is 0 Å². The quantitative estimate of drug-likeness (QED) is 0.814. The summed E-state index contributed by atoms with van der Waals surface area (Å²) in [7, 11) is 0. The summed E-state index contributed by atoms with van der Waals surface area (Å²) in [6.07, 6.45) is 6.45. The molecule has 0 radical (unpaired) electrons. The maximum absolute atomic E-state index is 12.7. The van der Waals surface area contributed by atoms with Gasteiger partial charge < -0.3 is 14.4 Å². The summed E-state index contributed by atoms with van der Waals surface area (Å²) in [6.45, 7) is 5.78. The monoisotopic (exact) mass is 331 g/mol. The third-order valence-electron chi connectivity index (χ3n) is 5.58. The number of ether oxygens (including phenoxy) is 2. The van der Waals surface area contributed by atoms with Gasteiger partial charge in [0.1, 0.15) is 0 Å². The summed E-state index contributed by atoms with van der Waals surface area (Å²) in [5, 5.41) is 0. The van der Waals surface area contributed by atoms with Crippen LogP contribution in [0, 0.1) is 0 Å². The highest BCUT2D eigenvalue weighted by Gasteiger charge is 2.42. The fourth-order valence-corrected chi connectivity index (χ4v) is 4.10. The topological polar surface area (TPSA) is 54.9 Å². The van der Waals surface area contributed by atoms with Crippen LogP contribution in [0.25, 0.3) is 0 Å². The SMILES string of the molecule is O=C(c1cccnc1)N1CCOC2(CCN(C3CCOC3)CC2)C1. The second-order valence-corrected chi connectivity index (χ2v) is 7.05. The molecule has 1 amide bonds. The van der Waals surface area contributed by atoms with Gasteiger partial charge in [-0.1, -0.05) is 0 Å². The van der Waals surface area contributed by atoms with Crippen molar-refractivity contribution in [3.05, 3.63) is 30.1 Å². The number of amides is 1. The van der Waals surface area contributed by atoms with Gasteiger partial charge in [0.2, 0.25) is 0 Å². The van der Waals surface area contributed by atoms with E-state index in [0.29, 0.717) is 31.3 Å². The summed E-state index contributed by atoms with van der Waals surface area (Å²) >= 11 is 0. The highest BCUT2D eigenvalue weighted by molar-refractivity contribution is 5.94. The minimum Gasteiger partial charge on any atom is -0.380 e. The van der Waals surface area contributed by atoms with Gasteiger partial charge in [0.15, 0.2) is 0 Å². The molecule has 4 rings (SSSR count). The number of morpholine rings is 1. The normalized spacial score (nSPS) is 27.5. The summed E-state index contributed by atoms with van der Waals surface area (Å²) in [5.74, 6) is 0.0670. The smallest absolute Gasteiger partial charge is 0.255 e. The van der Waals surface area contributed by atoms with Crippen molar-refractivity contribution in [2.24, 2.45) is 0 Å². The highest BCUT2D eigenvalue weighted by atomic mass is 16.5. The molecule has 4 heterocycles. The first-order valence-electron chi connectivity index (χ1n) is 8.91. The van der Waals surface area contributed by atoms with Gasteiger partial charge in [-0.25, -0.2) is 0 Å². The van der Waals surface area contributed by atoms with Gasteiger partial charge in [0, 0.05) is 44.7 Å². The maximum atomic E-state index is 12.7. The van der Waals surface area contributed by atoms with Crippen molar-refractivity contribution in [2.45, 2.75) is 30.9 Å². The molecule has 24 heavy (non-hydrogen) atoms. The largest absolute Gasteiger partial charge is 0.380 e. The molecule has 3 aliphatic heterocycles. The number of likely N-dealkylation sites (tertiary alicyclic amines) is 1. The molecular weight excluding hydrogens is 306 g/mol. The molecular formula is C18H25N3O3. The van der Waals surface area contributed by atoms with Crippen LogP contribution in [-0.2, 0) is 9.47 Å². The van der Waals surface area contributed by atoms with Crippen molar-refractivity contribution in [3.8, 4) is 0 Å². The second kappa shape index (κ2) is 6.78. The first kappa shape index (κ1) is 16.0. The lowest BCUT2D eigenvalue weighted by Gasteiger charge is -2.48. The fraction of sp³-hybridized carbons (Fsp3) is 0.667. The third kappa shape index (κ3) is 3.18. The Hall–Kier alpha value is -1.50. The van der Waals surface area contributed by atoms with Gasteiger partial charge in [-0.05, 0) is 31.4 Å². The third-order valence-corrected chi connectivity index (χ3v) is 5.58. The van der Waals surface area contributed by atoms with Crippen molar-refractivity contribution in [1.82, 2.24) is 14.8 Å². The fourth-order valence-electron chi connectivity index (χ4n) is 4.10. The zero-order valence-electron chi connectivity index (χ0n) is 14.0. The van der Waals surface area contributed by atoms with E-state index < -0.39 is 0 Å². The maximum Gasteiger partial charge on any atom is 0.255 e. The molecule has 6 nitrogen and oxygen atoms in total. The van der Waals surface area contributed by atoms with E-state index in [4.69, 9.17) is 9.47 Å². The number of rotatable bonds is 2. The van der Waals surface area contributed by atoms with Gasteiger partial charge in [0.25, 0.3) is 5.91 Å². The van der Waals surface area contributed by atoms with Crippen molar-refractivity contribution in [1.29, 1.82) is 0 Å². The number of hydrogen-bond acceptors (Lipinski definition) is 5. The molecule has 1 spiro atoms. The Bertz CT molecular complexity index is 566. The molecule has 6 heteroatoms. The molecule has 0 bridgehead atoms. The average molecular weight is 331 g/mol. The van der Waals surface area contributed by atoms with Crippen LogP contribution in [0.3, 0.4) is 0 Å². The number of carbonyl (C=O) groups is 1. The number of hydrogen-bond donors (Lipinski definition) is 0. The highest BCUT2D eigenvalue weighted by Crippen LogP contribution is 2.32. The number of aromatic nitrogens is 1. The standard InChI is InChI=1S/C18H25N3O3/c22-17(15-2-1-6-19-12-15)21-9-11-24-18(14-21)4-7-20(8-5-18)16-3-10-23-13-16/h1-2,6,12,16H,3-5,7-11,13-14H2. The van der Waals surface area contributed by atoms with Gasteiger partial charge in [0.05, 0.1) is 30.9 Å². The lowest BCUT2D eigenvalue weighted by molar-refractivity contribution is -0.130. The Balaban J connectivity index is 1.39. The zero-order valence-corrected chi connectivity index (χ0v) is 14.0. The number of piperidine rings is 1. The van der Waals surface area contributed by atoms with E-state index in [1.165, 1.54) is 0 Å².